The van der Waals surface area contributed by atoms with Crippen molar-refractivity contribution in [2.75, 3.05) is 0 Å². The maximum atomic E-state index is 10.8. The van der Waals surface area contributed by atoms with Crippen LogP contribution in [0.15, 0.2) is 23.1 Å². The molecule has 0 unspecified atom stereocenters. The van der Waals surface area contributed by atoms with Crippen molar-refractivity contribution in [2.45, 2.75) is 11.8 Å². The van der Waals surface area contributed by atoms with Crippen molar-refractivity contribution >= 4 is 15.8 Å². The van der Waals surface area contributed by atoms with Gasteiger partial charge >= 0.3 is 0 Å². The van der Waals surface area contributed by atoms with Crippen molar-refractivity contribution in [1.29, 1.82) is 0 Å². The van der Waals surface area contributed by atoms with E-state index in [1.165, 1.54) is 12.1 Å². The molecule has 0 aromatic heterocycles. The Balaban J connectivity index is 3.47. The molecule has 13 heavy (non-hydrogen) atoms. The first-order valence-corrected chi connectivity index (χ1v) is 4.85. The molecule has 1 rings (SSSR count). The lowest BCUT2D eigenvalue weighted by Gasteiger charge is -2.01. The van der Waals surface area contributed by atoms with Crippen LogP contribution in [-0.2, 0) is 10.1 Å². The minimum absolute atomic E-state index is 0.193. The molecule has 0 spiro atoms. The topological polar surface area (TPSA) is 58.7 Å². The standard InChI is InChI=1S/C8H7NO3S/c1-6-3-4-7(9-2)5-8(6)13(10,11)12/h3-5H,1H3,(H,10,11,12). The first-order chi connectivity index (χ1) is 5.95. The van der Waals surface area contributed by atoms with Gasteiger partial charge in [0.15, 0.2) is 5.69 Å². The highest BCUT2D eigenvalue weighted by molar-refractivity contribution is 7.85. The number of rotatable bonds is 1. The van der Waals surface area contributed by atoms with Crippen molar-refractivity contribution in [2.24, 2.45) is 0 Å². The van der Waals surface area contributed by atoms with E-state index in [0.717, 1.165) is 6.07 Å². The summed E-state index contributed by atoms with van der Waals surface area (Å²) in [5, 5.41) is 0. The van der Waals surface area contributed by atoms with Crippen LogP contribution in [-0.4, -0.2) is 13.0 Å². The molecule has 0 saturated carbocycles. The van der Waals surface area contributed by atoms with Crippen LogP contribution < -0.4 is 0 Å². The monoisotopic (exact) mass is 197 g/mol. The Kier molecular flexibility index (Phi) is 2.36. The minimum atomic E-state index is -4.21. The van der Waals surface area contributed by atoms with Gasteiger partial charge < -0.3 is 0 Å². The van der Waals surface area contributed by atoms with Gasteiger partial charge in [-0.2, -0.15) is 8.42 Å². The van der Waals surface area contributed by atoms with Gasteiger partial charge in [-0.25, -0.2) is 4.85 Å². The SMILES string of the molecule is [C-]#[N+]c1ccc(C)c(S(=O)(=O)O)c1. The van der Waals surface area contributed by atoms with Gasteiger partial charge in [-0.1, -0.05) is 12.1 Å². The smallest absolute Gasteiger partial charge is 0.282 e. The lowest BCUT2D eigenvalue weighted by Crippen LogP contribution is -1.99. The molecule has 5 heteroatoms. The second kappa shape index (κ2) is 3.17. The Hall–Kier alpha value is -1.38. The van der Waals surface area contributed by atoms with Crippen molar-refractivity contribution in [3.63, 3.8) is 0 Å². The molecule has 0 bridgehead atoms. The molecule has 1 aromatic rings. The van der Waals surface area contributed by atoms with Gasteiger partial charge in [-0.05, 0) is 18.6 Å². The molecule has 0 amide bonds. The molecule has 0 fully saturated rings. The van der Waals surface area contributed by atoms with Crippen molar-refractivity contribution in [1.82, 2.24) is 0 Å². The summed E-state index contributed by atoms with van der Waals surface area (Å²) >= 11 is 0. The predicted octanol–water partition coefficient (Wildman–Crippen LogP) is 1.79. The van der Waals surface area contributed by atoms with Gasteiger partial charge in [0.2, 0.25) is 0 Å². The van der Waals surface area contributed by atoms with Gasteiger partial charge in [-0.3, -0.25) is 4.55 Å². The number of nitrogens with zero attached hydrogens (tertiary/aromatic N) is 1. The third-order valence-electron chi connectivity index (χ3n) is 1.58. The molecular weight excluding hydrogens is 190 g/mol. The summed E-state index contributed by atoms with van der Waals surface area (Å²) in [6.07, 6.45) is 0. The largest absolute Gasteiger partial charge is 0.293 e. The molecule has 4 nitrogen and oxygen atoms in total. The molecule has 0 aliphatic rings. The molecule has 0 radical (unpaired) electrons. The number of hydrogen-bond donors (Lipinski definition) is 1. The zero-order valence-electron chi connectivity index (χ0n) is 6.85. The lowest BCUT2D eigenvalue weighted by atomic mass is 10.2. The van der Waals surface area contributed by atoms with Crippen molar-refractivity contribution < 1.29 is 13.0 Å². The quantitative estimate of drug-likeness (QED) is 0.551. The molecule has 0 saturated heterocycles. The Morgan fingerprint density at radius 2 is 2.08 bits per heavy atom. The summed E-state index contributed by atoms with van der Waals surface area (Å²) < 4.78 is 30.3. The number of benzene rings is 1. The molecule has 1 N–H and O–H groups in total. The summed E-state index contributed by atoms with van der Waals surface area (Å²) in [6, 6.07) is 4.13. The van der Waals surface area contributed by atoms with E-state index in [-0.39, 0.29) is 10.6 Å². The fraction of sp³-hybridized carbons (Fsp3) is 0.125. The number of aryl methyl sites for hydroxylation is 1. The Labute approximate surface area is 76.4 Å². The van der Waals surface area contributed by atoms with Crippen LogP contribution in [0.1, 0.15) is 5.56 Å². The summed E-state index contributed by atoms with van der Waals surface area (Å²) in [5.74, 6) is 0. The fourth-order valence-electron chi connectivity index (χ4n) is 0.936. The fourth-order valence-corrected chi connectivity index (χ4v) is 1.68. The molecule has 1 aromatic carbocycles. The van der Waals surface area contributed by atoms with Crippen LogP contribution in [0.3, 0.4) is 0 Å². The highest BCUT2D eigenvalue weighted by Gasteiger charge is 2.12. The summed E-state index contributed by atoms with van der Waals surface area (Å²) in [6.45, 7) is 8.22. The minimum Gasteiger partial charge on any atom is -0.282 e. The van der Waals surface area contributed by atoms with E-state index in [4.69, 9.17) is 11.1 Å². The van der Waals surface area contributed by atoms with E-state index in [9.17, 15) is 8.42 Å². The first kappa shape index (κ1) is 9.71. The highest BCUT2D eigenvalue weighted by atomic mass is 32.2. The van der Waals surface area contributed by atoms with E-state index in [0.29, 0.717) is 5.56 Å². The third kappa shape index (κ3) is 2.05. The maximum absolute atomic E-state index is 10.8. The summed E-state index contributed by atoms with van der Waals surface area (Å²) in [5.41, 5.74) is 0.619. The normalized spacial score (nSPS) is 10.8. The first-order valence-electron chi connectivity index (χ1n) is 3.41. The predicted molar refractivity (Wildman–Crippen MR) is 47.3 cm³/mol. The van der Waals surface area contributed by atoms with E-state index in [1.807, 2.05) is 0 Å². The molecule has 0 atom stereocenters. The Bertz CT molecular complexity index is 471. The van der Waals surface area contributed by atoms with Crippen LogP contribution in [0.25, 0.3) is 4.85 Å². The second-order valence-electron chi connectivity index (χ2n) is 2.54. The molecular formula is C8H7NO3S. The summed E-state index contributed by atoms with van der Waals surface area (Å²) in [4.78, 5) is 2.85. The Morgan fingerprint density at radius 3 is 2.54 bits per heavy atom. The van der Waals surface area contributed by atoms with Crippen LogP contribution in [0.5, 0.6) is 0 Å². The number of hydrogen-bond acceptors (Lipinski definition) is 2. The van der Waals surface area contributed by atoms with Gasteiger partial charge in [-0.15, -0.1) is 0 Å². The molecule has 68 valence electrons. The highest BCUT2D eigenvalue weighted by Crippen LogP contribution is 2.21. The van der Waals surface area contributed by atoms with Crippen LogP contribution >= 0.6 is 0 Å². The van der Waals surface area contributed by atoms with Crippen LogP contribution in [0.2, 0.25) is 0 Å². The third-order valence-corrected chi connectivity index (χ3v) is 2.57. The maximum Gasteiger partial charge on any atom is 0.293 e. The van der Waals surface area contributed by atoms with Crippen LogP contribution in [0, 0.1) is 13.5 Å². The van der Waals surface area contributed by atoms with Gasteiger partial charge in [0.25, 0.3) is 10.1 Å². The molecule has 0 aliphatic heterocycles. The van der Waals surface area contributed by atoms with E-state index in [1.54, 1.807) is 6.92 Å². The van der Waals surface area contributed by atoms with Crippen molar-refractivity contribution in [3.05, 3.63) is 35.2 Å². The van der Waals surface area contributed by atoms with E-state index >= 15 is 0 Å². The van der Waals surface area contributed by atoms with Crippen molar-refractivity contribution in [3.8, 4) is 0 Å². The second-order valence-corrected chi connectivity index (χ2v) is 3.93. The zero-order valence-corrected chi connectivity index (χ0v) is 7.67. The summed E-state index contributed by atoms with van der Waals surface area (Å²) in [7, 11) is -4.21. The van der Waals surface area contributed by atoms with E-state index < -0.39 is 10.1 Å². The van der Waals surface area contributed by atoms with E-state index in [2.05, 4.69) is 4.85 Å². The van der Waals surface area contributed by atoms with Gasteiger partial charge in [0.1, 0.15) is 0 Å². The average Bonchev–Trinajstić information content (AvgIpc) is 2.03. The molecule has 0 heterocycles. The van der Waals surface area contributed by atoms with Gasteiger partial charge in [0.05, 0.1) is 11.5 Å². The zero-order chi connectivity index (χ0) is 10.1. The molecule has 0 aliphatic carbocycles. The van der Waals surface area contributed by atoms with Crippen LogP contribution in [0.4, 0.5) is 5.69 Å². The lowest BCUT2D eigenvalue weighted by molar-refractivity contribution is 0.482. The Morgan fingerprint density at radius 1 is 1.46 bits per heavy atom. The van der Waals surface area contributed by atoms with Gasteiger partial charge in [0, 0.05) is 0 Å². The average molecular weight is 197 g/mol.